The molecule has 112 valence electrons. The molecule has 0 saturated heterocycles. The molecule has 0 atom stereocenters. The van der Waals surface area contributed by atoms with Crippen molar-refractivity contribution < 1.29 is 0 Å². The second-order valence-corrected chi connectivity index (χ2v) is 6.07. The molecule has 0 amide bonds. The van der Waals surface area contributed by atoms with E-state index in [1.54, 1.807) is 0 Å². The molecule has 0 spiro atoms. The van der Waals surface area contributed by atoms with Gasteiger partial charge >= 0.3 is 0 Å². The van der Waals surface area contributed by atoms with Crippen LogP contribution in [0.15, 0.2) is 18.5 Å². The lowest BCUT2D eigenvalue weighted by Gasteiger charge is -2.29. The van der Waals surface area contributed by atoms with E-state index in [4.69, 9.17) is 0 Å². The summed E-state index contributed by atoms with van der Waals surface area (Å²) in [5.41, 5.74) is 2.66. The molecule has 3 heteroatoms. The van der Waals surface area contributed by atoms with Crippen molar-refractivity contribution in [1.29, 1.82) is 0 Å². The van der Waals surface area contributed by atoms with E-state index in [0.717, 1.165) is 19.0 Å². The third-order valence-corrected chi connectivity index (χ3v) is 4.29. The van der Waals surface area contributed by atoms with E-state index in [1.807, 2.05) is 12.4 Å². The third kappa shape index (κ3) is 4.48. The Kier molecular flexibility index (Phi) is 6.31. The summed E-state index contributed by atoms with van der Waals surface area (Å²) in [6.07, 6.45) is 12.2. The van der Waals surface area contributed by atoms with Gasteiger partial charge in [-0.25, -0.2) is 0 Å². The van der Waals surface area contributed by atoms with E-state index < -0.39 is 0 Å². The van der Waals surface area contributed by atoms with E-state index in [-0.39, 0.29) is 0 Å². The molecule has 1 fully saturated rings. The highest BCUT2D eigenvalue weighted by molar-refractivity contribution is 5.51. The van der Waals surface area contributed by atoms with Crippen LogP contribution >= 0.6 is 0 Å². The molecular formula is C17H29N3. The number of anilines is 1. The maximum Gasteiger partial charge on any atom is 0.0440 e. The number of hydrogen-bond donors (Lipinski definition) is 1. The number of pyridine rings is 1. The van der Waals surface area contributed by atoms with Gasteiger partial charge in [-0.3, -0.25) is 4.98 Å². The standard InChI is InChI=1S/C17H29N3/c1-3-10-18-12-16-13-19-11-9-17(16)20(2)14-15-7-5-4-6-8-15/h9,11,13,15,18H,3-8,10,12,14H2,1-2H3. The maximum atomic E-state index is 4.29. The molecule has 1 saturated carbocycles. The van der Waals surface area contributed by atoms with Crippen molar-refractivity contribution in [2.75, 3.05) is 25.0 Å². The lowest BCUT2D eigenvalue weighted by Crippen LogP contribution is -2.28. The first-order chi connectivity index (χ1) is 9.81. The zero-order valence-electron chi connectivity index (χ0n) is 13.1. The van der Waals surface area contributed by atoms with Gasteiger partial charge in [-0.15, -0.1) is 0 Å². The van der Waals surface area contributed by atoms with Gasteiger partial charge in [0.1, 0.15) is 0 Å². The fourth-order valence-corrected chi connectivity index (χ4v) is 3.18. The van der Waals surface area contributed by atoms with Crippen LogP contribution in [-0.2, 0) is 6.54 Å². The molecule has 0 bridgehead atoms. The number of rotatable bonds is 7. The van der Waals surface area contributed by atoms with Crippen molar-refractivity contribution in [3.63, 3.8) is 0 Å². The van der Waals surface area contributed by atoms with Crippen molar-refractivity contribution >= 4 is 5.69 Å². The zero-order chi connectivity index (χ0) is 14.2. The highest BCUT2D eigenvalue weighted by Gasteiger charge is 2.16. The Labute approximate surface area is 123 Å². The van der Waals surface area contributed by atoms with E-state index in [9.17, 15) is 0 Å². The molecule has 1 aliphatic rings. The van der Waals surface area contributed by atoms with Crippen LogP contribution in [0.25, 0.3) is 0 Å². The minimum atomic E-state index is 0.873. The van der Waals surface area contributed by atoms with Gasteiger partial charge in [0.15, 0.2) is 0 Å². The topological polar surface area (TPSA) is 28.2 Å². The Morgan fingerprint density at radius 3 is 2.85 bits per heavy atom. The summed E-state index contributed by atoms with van der Waals surface area (Å²) in [6, 6.07) is 2.16. The first kappa shape index (κ1) is 15.3. The number of nitrogens with one attached hydrogen (secondary N) is 1. The van der Waals surface area contributed by atoms with E-state index >= 15 is 0 Å². The molecule has 1 heterocycles. The average molecular weight is 275 g/mol. The molecule has 0 aliphatic heterocycles. The highest BCUT2D eigenvalue weighted by atomic mass is 15.1. The minimum Gasteiger partial charge on any atom is -0.374 e. The Balaban J connectivity index is 1.95. The molecule has 1 aromatic rings. The third-order valence-electron chi connectivity index (χ3n) is 4.29. The maximum absolute atomic E-state index is 4.29. The van der Waals surface area contributed by atoms with E-state index in [0.29, 0.717) is 0 Å². The predicted octanol–water partition coefficient (Wildman–Crippen LogP) is 3.60. The van der Waals surface area contributed by atoms with Crippen molar-refractivity contribution in [3.05, 3.63) is 24.0 Å². The molecule has 3 nitrogen and oxygen atoms in total. The molecule has 20 heavy (non-hydrogen) atoms. The molecule has 0 aromatic carbocycles. The van der Waals surface area contributed by atoms with Gasteiger partial charge in [0.2, 0.25) is 0 Å². The summed E-state index contributed by atoms with van der Waals surface area (Å²) in [5.74, 6) is 0.873. The number of hydrogen-bond acceptors (Lipinski definition) is 3. The smallest absolute Gasteiger partial charge is 0.0440 e. The normalized spacial score (nSPS) is 16.3. The fourth-order valence-electron chi connectivity index (χ4n) is 3.18. The molecule has 2 rings (SSSR count). The summed E-state index contributed by atoms with van der Waals surface area (Å²) < 4.78 is 0. The van der Waals surface area contributed by atoms with Crippen LogP contribution in [-0.4, -0.2) is 25.1 Å². The van der Waals surface area contributed by atoms with Crippen LogP contribution in [0.1, 0.15) is 51.0 Å². The molecule has 1 N–H and O–H groups in total. The van der Waals surface area contributed by atoms with Crippen molar-refractivity contribution in [2.45, 2.75) is 52.0 Å². The summed E-state index contributed by atoms with van der Waals surface area (Å²) >= 11 is 0. The van der Waals surface area contributed by atoms with Gasteiger partial charge in [-0.2, -0.15) is 0 Å². The van der Waals surface area contributed by atoms with Crippen LogP contribution < -0.4 is 10.2 Å². The molecule has 1 aliphatic carbocycles. The summed E-state index contributed by atoms with van der Waals surface area (Å²) in [4.78, 5) is 6.72. The van der Waals surface area contributed by atoms with Gasteiger partial charge in [0, 0.05) is 43.8 Å². The van der Waals surface area contributed by atoms with E-state index in [1.165, 1.54) is 56.3 Å². The molecular weight excluding hydrogens is 246 g/mol. The predicted molar refractivity (Wildman–Crippen MR) is 86.1 cm³/mol. The largest absolute Gasteiger partial charge is 0.374 e. The van der Waals surface area contributed by atoms with E-state index in [2.05, 4.69) is 35.2 Å². The Morgan fingerprint density at radius 2 is 2.10 bits per heavy atom. The quantitative estimate of drug-likeness (QED) is 0.771. The second-order valence-electron chi connectivity index (χ2n) is 6.07. The van der Waals surface area contributed by atoms with Gasteiger partial charge in [0.25, 0.3) is 0 Å². The lowest BCUT2D eigenvalue weighted by molar-refractivity contribution is 0.362. The van der Waals surface area contributed by atoms with Gasteiger partial charge in [-0.1, -0.05) is 26.2 Å². The Morgan fingerprint density at radius 1 is 1.30 bits per heavy atom. The van der Waals surface area contributed by atoms with Crippen LogP contribution in [0.4, 0.5) is 5.69 Å². The van der Waals surface area contributed by atoms with Crippen molar-refractivity contribution in [1.82, 2.24) is 10.3 Å². The van der Waals surface area contributed by atoms with Crippen molar-refractivity contribution in [3.8, 4) is 0 Å². The average Bonchev–Trinajstić information content (AvgIpc) is 2.49. The van der Waals surface area contributed by atoms with Gasteiger partial charge in [0.05, 0.1) is 0 Å². The monoisotopic (exact) mass is 275 g/mol. The summed E-state index contributed by atoms with van der Waals surface area (Å²) in [6.45, 7) is 5.38. The first-order valence-electron chi connectivity index (χ1n) is 8.16. The van der Waals surface area contributed by atoms with Crippen molar-refractivity contribution in [2.24, 2.45) is 5.92 Å². The Bertz CT molecular complexity index is 386. The van der Waals surface area contributed by atoms with Crippen LogP contribution in [0.5, 0.6) is 0 Å². The minimum absolute atomic E-state index is 0.873. The molecule has 0 unspecified atom stereocenters. The zero-order valence-corrected chi connectivity index (χ0v) is 13.1. The SMILES string of the molecule is CCCNCc1cnccc1N(C)CC1CCCCC1. The number of aromatic nitrogens is 1. The van der Waals surface area contributed by atoms with Crippen LogP contribution in [0.2, 0.25) is 0 Å². The fraction of sp³-hybridized carbons (Fsp3) is 0.706. The highest BCUT2D eigenvalue weighted by Crippen LogP contribution is 2.26. The van der Waals surface area contributed by atoms with Gasteiger partial charge < -0.3 is 10.2 Å². The Hall–Kier alpha value is -1.09. The summed E-state index contributed by atoms with van der Waals surface area (Å²) in [5, 5.41) is 3.48. The second kappa shape index (κ2) is 8.25. The molecule has 1 aromatic heterocycles. The van der Waals surface area contributed by atoms with Crippen LogP contribution in [0, 0.1) is 5.92 Å². The van der Waals surface area contributed by atoms with Crippen LogP contribution in [0.3, 0.4) is 0 Å². The first-order valence-corrected chi connectivity index (χ1v) is 8.16. The number of nitrogens with zero attached hydrogens (tertiary/aromatic N) is 2. The molecule has 0 radical (unpaired) electrons. The van der Waals surface area contributed by atoms with Gasteiger partial charge in [-0.05, 0) is 37.8 Å². The lowest BCUT2D eigenvalue weighted by atomic mass is 9.89. The summed E-state index contributed by atoms with van der Waals surface area (Å²) in [7, 11) is 2.23.